The van der Waals surface area contributed by atoms with E-state index in [0.29, 0.717) is 66.9 Å². The van der Waals surface area contributed by atoms with Crippen molar-refractivity contribution in [3.63, 3.8) is 0 Å². The van der Waals surface area contributed by atoms with Crippen molar-refractivity contribution in [2.24, 2.45) is 5.92 Å². The van der Waals surface area contributed by atoms with Crippen LogP contribution in [0.25, 0.3) is 32.7 Å². The molecule has 0 unspecified atom stereocenters. The van der Waals surface area contributed by atoms with Crippen molar-refractivity contribution in [1.29, 1.82) is 0 Å². The lowest BCUT2D eigenvalue weighted by Crippen LogP contribution is -2.49. The van der Waals surface area contributed by atoms with Gasteiger partial charge in [-0.25, -0.2) is 24.7 Å². The van der Waals surface area contributed by atoms with Crippen LogP contribution in [0.4, 0.5) is 0 Å². The fourth-order valence-electron chi connectivity index (χ4n) is 8.08. The molecule has 0 aliphatic carbocycles. The first-order valence-corrected chi connectivity index (χ1v) is 22.5. The average molecular weight is 914 g/mol. The Morgan fingerprint density at radius 2 is 1.73 bits per heavy atom. The summed E-state index contributed by atoms with van der Waals surface area (Å²) in [6, 6.07) is 14.6. The molecule has 0 saturated carbocycles. The number of carboxylic acid groups (broad SMARTS) is 1. The Morgan fingerprint density at radius 1 is 0.968 bits per heavy atom. The first kappa shape index (κ1) is 44.4. The van der Waals surface area contributed by atoms with E-state index >= 15 is 0 Å². The quantitative estimate of drug-likeness (QED) is 0.140. The Balaban J connectivity index is 1.23. The molecule has 3 aromatic heterocycles. The molecule has 6 aromatic rings. The van der Waals surface area contributed by atoms with E-state index in [4.69, 9.17) is 51.9 Å². The standard InChI is InChI=1S/C47H50Cl2N6O7S/c1-26(2)19-37-39-38-27(3)41(48)43(42(49)28(38)4)61-32(22-55-17-15-54(5)16-18-55)24-59-31-11-12-34(60-23-30-13-14-50-44(53-30)33-9-7-8-10-35(33)58-6)29(20-31)21-36(47(56)57)62-45-40(39)46(63-37)52-25-51-45/h7-14,20,25-26,32,36H,15-19,21-24H2,1-6H3,(H,56,57)/t32-,36-/m1/s1. The number of ether oxygens (including phenoxy) is 5. The van der Waals surface area contributed by atoms with Gasteiger partial charge < -0.3 is 33.7 Å². The average Bonchev–Trinajstić information content (AvgIpc) is 3.63. The number of hydrogen-bond acceptors (Lipinski definition) is 13. The van der Waals surface area contributed by atoms with Crippen LogP contribution in [0.5, 0.6) is 28.9 Å². The first-order valence-electron chi connectivity index (χ1n) is 20.9. The largest absolute Gasteiger partial charge is 0.496 e. The highest BCUT2D eigenvalue weighted by Crippen LogP contribution is 2.51. The van der Waals surface area contributed by atoms with Crippen molar-refractivity contribution < 1.29 is 33.6 Å². The van der Waals surface area contributed by atoms with E-state index in [1.54, 1.807) is 37.6 Å². The van der Waals surface area contributed by atoms with E-state index in [-0.39, 0.29) is 31.4 Å². The number of hydrogen-bond donors (Lipinski definition) is 1. The van der Waals surface area contributed by atoms with Gasteiger partial charge in [-0.1, -0.05) is 49.2 Å². The van der Waals surface area contributed by atoms with E-state index in [1.165, 1.54) is 17.7 Å². The summed E-state index contributed by atoms with van der Waals surface area (Å²) in [6.45, 7) is 12.6. The molecule has 330 valence electrons. The highest BCUT2D eigenvalue weighted by molar-refractivity contribution is 7.19. The number of aliphatic carboxylic acids is 1. The fourth-order valence-corrected chi connectivity index (χ4v) is 9.95. The van der Waals surface area contributed by atoms with Gasteiger partial charge in [-0.2, -0.15) is 0 Å². The van der Waals surface area contributed by atoms with Gasteiger partial charge in [-0.15, -0.1) is 11.3 Å². The zero-order chi connectivity index (χ0) is 44.4. The Hall–Kier alpha value is -5.25. The highest BCUT2D eigenvalue weighted by Gasteiger charge is 2.32. The minimum atomic E-state index is -1.39. The third kappa shape index (κ3) is 9.65. The van der Waals surface area contributed by atoms with E-state index in [1.807, 2.05) is 38.1 Å². The van der Waals surface area contributed by atoms with Crippen LogP contribution in [0.3, 0.4) is 0 Å². The number of thiophene rings is 1. The summed E-state index contributed by atoms with van der Waals surface area (Å²) >= 11 is 16.1. The lowest BCUT2D eigenvalue weighted by atomic mass is 9.91. The van der Waals surface area contributed by atoms with Gasteiger partial charge in [0.05, 0.1) is 33.8 Å². The van der Waals surface area contributed by atoms with Gasteiger partial charge >= 0.3 is 5.97 Å². The fraction of sp³-hybridized carbons (Fsp3) is 0.383. The van der Waals surface area contributed by atoms with Gasteiger partial charge in [0.25, 0.3) is 0 Å². The van der Waals surface area contributed by atoms with Crippen LogP contribution < -0.4 is 23.7 Å². The molecule has 9 rings (SSSR count). The van der Waals surface area contributed by atoms with Gasteiger partial charge in [0, 0.05) is 61.3 Å². The summed E-state index contributed by atoms with van der Waals surface area (Å²) in [7, 11) is 3.72. The molecule has 0 spiro atoms. The van der Waals surface area contributed by atoms with Crippen molar-refractivity contribution in [3.8, 4) is 51.4 Å². The number of carbonyl (C=O) groups is 1. The summed E-state index contributed by atoms with van der Waals surface area (Å²) < 4.78 is 31.8. The Morgan fingerprint density at radius 3 is 2.46 bits per heavy atom. The second-order valence-electron chi connectivity index (χ2n) is 16.4. The number of para-hydroxylation sites is 1. The maximum absolute atomic E-state index is 13.3. The van der Waals surface area contributed by atoms with Gasteiger partial charge in [0.15, 0.2) is 11.6 Å². The maximum atomic E-state index is 13.3. The molecule has 3 aromatic carbocycles. The number of rotatable bonds is 10. The zero-order valence-corrected chi connectivity index (χ0v) is 38.4. The summed E-state index contributed by atoms with van der Waals surface area (Å²) in [4.78, 5) is 38.1. The molecule has 1 saturated heterocycles. The predicted molar refractivity (Wildman–Crippen MR) is 245 cm³/mol. The number of piperazine rings is 1. The lowest BCUT2D eigenvalue weighted by Gasteiger charge is -2.35. The van der Waals surface area contributed by atoms with Crippen LogP contribution in [0, 0.1) is 19.8 Å². The minimum absolute atomic E-state index is 0.0677. The zero-order valence-electron chi connectivity index (χ0n) is 36.1. The number of fused-ring (bicyclic) bond motifs is 7. The Kier molecular flexibility index (Phi) is 13.5. The predicted octanol–water partition coefficient (Wildman–Crippen LogP) is 8.99. The molecular formula is C47H50Cl2N6O7S. The maximum Gasteiger partial charge on any atom is 0.345 e. The summed E-state index contributed by atoms with van der Waals surface area (Å²) in [5.41, 5.74) is 5.05. The summed E-state index contributed by atoms with van der Waals surface area (Å²) in [5.74, 6) is 1.67. The molecule has 0 amide bonds. The Labute approximate surface area is 380 Å². The number of halogens is 2. The second-order valence-corrected chi connectivity index (χ2v) is 18.2. The summed E-state index contributed by atoms with van der Waals surface area (Å²) in [6.07, 6.45) is 1.83. The molecule has 2 atom stereocenters. The highest BCUT2D eigenvalue weighted by atomic mass is 35.5. The van der Waals surface area contributed by atoms with Gasteiger partial charge in [0.2, 0.25) is 12.0 Å². The molecule has 3 aliphatic heterocycles. The van der Waals surface area contributed by atoms with Gasteiger partial charge in [-0.3, -0.25) is 4.90 Å². The van der Waals surface area contributed by atoms with Crippen molar-refractivity contribution in [3.05, 3.63) is 98.4 Å². The van der Waals surface area contributed by atoms with E-state index in [0.717, 1.165) is 65.3 Å². The molecular weight excluding hydrogens is 864 g/mol. The smallest absolute Gasteiger partial charge is 0.345 e. The number of nitrogens with zero attached hydrogens (tertiary/aromatic N) is 6. The van der Waals surface area contributed by atoms with Crippen LogP contribution in [-0.2, 0) is 24.2 Å². The number of carboxylic acids is 1. The van der Waals surface area contributed by atoms with Crippen molar-refractivity contribution in [2.75, 3.05) is 53.5 Å². The van der Waals surface area contributed by atoms with E-state index < -0.39 is 18.2 Å². The number of likely N-dealkylation sites (N-methyl/N-ethyl adjacent to an activating group) is 1. The van der Waals surface area contributed by atoms with E-state index in [9.17, 15) is 9.90 Å². The molecule has 0 radical (unpaired) electrons. The summed E-state index contributed by atoms with van der Waals surface area (Å²) in [5, 5.41) is 12.2. The van der Waals surface area contributed by atoms with Crippen LogP contribution in [0.15, 0.2) is 61.1 Å². The first-order chi connectivity index (χ1) is 30.4. The Bertz CT molecular complexity index is 2610. The van der Waals surface area contributed by atoms with Crippen molar-refractivity contribution in [2.45, 2.75) is 59.4 Å². The van der Waals surface area contributed by atoms with Crippen LogP contribution in [0.2, 0.25) is 10.0 Å². The third-order valence-corrected chi connectivity index (χ3v) is 13.4. The topological polar surface area (TPSA) is 141 Å². The molecule has 1 fully saturated rings. The second kappa shape index (κ2) is 19.2. The van der Waals surface area contributed by atoms with Crippen LogP contribution in [-0.4, -0.2) is 107 Å². The van der Waals surface area contributed by atoms with Crippen LogP contribution >= 0.6 is 34.5 Å². The number of aromatic nitrogens is 4. The lowest BCUT2D eigenvalue weighted by molar-refractivity contribution is -0.145. The third-order valence-electron chi connectivity index (χ3n) is 11.4. The molecule has 4 bridgehead atoms. The monoisotopic (exact) mass is 912 g/mol. The number of benzene rings is 3. The number of methoxy groups -OCH3 is 1. The SMILES string of the molecule is COc1ccccc1-c1nccc(COc2ccc3cc2C[C@H](C(=O)O)Oc2ncnc4sc(CC(C)C)c(c24)-c2c(C)c(Cl)c(c(Cl)c2C)O[C@H](CN2CCN(C)CC2)CO3)n1. The minimum Gasteiger partial charge on any atom is -0.496 e. The molecule has 13 nitrogen and oxygen atoms in total. The molecule has 16 heteroatoms. The molecule has 1 N–H and O–H groups in total. The van der Waals surface area contributed by atoms with Crippen LogP contribution in [0.1, 0.15) is 41.1 Å². The van der Waals surface area contributed by atoms with Gasteiger partial charge in [-0.05, 0) is 86.3 Å². The normalized spacial score (nSPS) is 17.2. The van der Waals surface area contributed by atoms with Crippen molar-refractivity contribution >= 4 is 50.7 Å². The molecule has 6 heterocycles. The molecule has 3 aliphatic rings. The van der Waals surface area contributed by atoms with Crippen molar-refractivity contribution in [1.82, 2.24) is 29.7 Å². The van der Waals surface area contributed by atoms with Gasteiger partial charge in [0.1, 0.15) is 47.7 Å². The molecule has 63 heavy (non-hydrogen) atoms. The van der Waals surface area contributed by atoms with E-state index in [2.05, 4.69) is 45.6 Å².